The number of rotatable bonds is 4. The molecule has 0 spiro atoms. The van der Waals surface area contributed by atoms with E-state index in [2.05, 4.69) is 51.8 Å². The number of benzene rings is 1. The fraction of sp³-hybridized carbons (Fsp3) is 0.250. The van der Waals surface area contributed by atoms with Gasteiger partial charge >= 0.3 is 6.03 Å². The van der Waals surface area contributed by atoms with E-state index in [1.165, 1.54) is 16.1 Å². The van der Waals surface area contributed by atoms with Gasteiger partial charge in [-0.2, -0.15) is 0 Å². The molecule has 0 saturated heterocycles. The van der Waals surface area contributed by atoms with E-state index in [-0.39, 0.29) is 12.1 Å². The molecule has 2 aromatic heterocycles. The third-order valence-corrected chi connectivity index (χ3v) is 5.57. The fourth-order valence-corrected chi connectivity index (χ4v) is 4.26. The van der Waals surface area contributed by atoms with Gasteiger partial charge in [0.2, 0.25) is 0 Å². The highest BCUT2D eigenvalue weighted by molar-refractivity contribution is 7.10. The van der Waals surface area contributed by atoms with E-state index >= 15 is 0 Å². The van der Waals surface area contributed by atoms with Gasteiger partial charge < -0.3 is 14.8 Å². The molecule has 1 aromatic carbocycles. The summed E-state index contributed by atoms with van der Waals surface area (Å²) in [4.78, 5) is 16.0. The predicted octanol–water partition coefficient (Wildman–Crippen LogP) is 3.91. The van der Waals surface area contributed by atoms with Crippen LogP contribution in [0.3, 0.4) is 0 Å². The van der Waals surface area contributed by atoms with Crippen LogP contribution in [0.1, 0.15) is 22.2 Å². The van der Waals surface area contributed by atoms with E-state index in [0.717, 1.165) is 19.5 Å². The van der Waals surface area contributed by atoms with Crippen molar-refractivity contribution >= 4 is 17.4 Å². The minimum absolute atomic E-state index is 0.000440. The maximum atomic E-state index is 12.8. The minimum atomic E-state index is 0.000440. The number of carbonyl (C=O) groups is 1. The molecule has 1 N–H and O–H groups in total. The number of nitrogens with one attached hydrogen (secondary N) is 1. The zero-order chi connectivity index (χ0) is 17.1. The van der Waals surface area contributed by atoms with Crippen LogP contribution in [0, 0.1) is 0 Å². The van der Waals surface area contributed by atoms with Gasteiger partial charge in [0.15, 0.2) is 0 Å². The summed E-state index contributed by atoms with van der Waals surface area (Å²) in [7, 11) is 0. The van der Waals surface area contributed by atoms with Crippen molar-refractivity contribution in [2.24, 2.45) is 0 Å². The highest BCUT2D eigenvalue weighted by atomic mass is 32.1. The summed E-state index contributed by atoms with van der Waals surface area (Å²) < 4.78 is 2.25. The molecule has 1 aliphatic rings. The van der Waals surface area contributed by atoms with Crippen molar-refractivity contribution in [3.8, 4) is 0 Å². The van der Waals surface area contributed by atoms with Crippen molar-refractivity contribution in [3.63, 3.8) is 0 Å². The lowest BCUT2D eigenvalue weighted by Crippen LogP contribution is -2.47. The Morgan fingerprint density at radius 2 is 1.96 bits per heavy atom. The van der Waals surface area contributed by atoms with Crippen LogP contribution in [-0.4, -0.2) is 28.6 Å². The molecule has 25 heavy (non-hydrogen) atoms. The van der Waals surface area contributed by atoms with Crippen LogP contribution in [0.15, 0.2) is 66.2 Å². The number of thiophene rings is 1. The highest BCUT2D eigenvalue weighted by Gasteiger charge is 2.32. The molecule has 4 nitrogen and oxygen atoms in total. The maximum Gasteiger partial charge on any atom is 0.318 e. The average Bonchev–Trinajstić information content (AvgIpc) is 3.33. The molecular formula is C20H21N3OS. The van der Waals surface area contributed by atoms with Gasteiger partial charge in [0.1, 0.15) is 6.04 Å². The number of hydrogen-bond acceptors (Lipinski definition) is 2. The highest BCUT2D eigenvalue weighted by Crippen LogP contribution is 2.34. The topological polar surface area (TPSA) is 37.3 Å². The van der Waals surface area contributed by atoms with E-state index in [9.17, 15) is 4.79 Å². The van der Waals surface area contributed by atoms with Crippen LogP contribution in [0.25, 0.3) is 0 Å². The molecule has 5 heteroatoms. The van der Waals surface area contributed by atoms with E-state index in [4.69, 9.17) is 0 Å². The fourth-order valence-electron chi connectivity index (χ4n) is 3.41. The molecule has 1 atom stereocenters. The molecule has 0 aliphatic carbocycles. The van der Waals surface area contributed by atoms with Crippen molar-refractivity contribution in [2.75, 3.05) is 13.1 Å². The largest absolute Gasteiger partial charge is 0.347 e. The minimum Gasteiger partial charge on any atom is -0.347 e. The van der Waals surface area contributed by atoms with Gasteiger partial charge in [-0.3, -0.25) is 0 Å². The normalized spacial score (nSPS) is 16.5. The summed E-state index contributed by atoms with van der Waals surface area (Å²) in [5.74, 6) is 0. The molecular weight excluding hydrogens is 330 g/mol. The van der Waals surface area contributed by atoms with E-state index in [1.54, 1.807) is 11.3 Å². The Bertz CT molecular complexity index is 826. The Balaban J connectivity index is 1.47. The summed E-state index contributed by atoms with van der Waals surface area (Å²) in [6.45, 7) is 2.22. The Labute approximate surface area is 151 Å². The summed E-state index contributed by atoms with van der Waals surface area (Å²) in [5, 5.41) is 5.17. The van der Waals surface area contributed by atoms with Crippen LogP contribution in [-0.2, 0) is 13.0 Å². The molecule has 4 rings (SSSR count). The lowest BCUT2D eigenvalue weighted by Gasteiger charge is -2.36. The number of aromatic nitrogens is 1. The van der Waals surface area contributed by atoms with Crippen molar-refractivity contribution in [3.05, 3.63) is 82.3 Å². The number of hydrogen-bond donors (Lipinski definition) is 1. The predicted molar refractivity (Wildman–Crippen MR) is 101 cm³/mol. The van der Waals surface area contributed by atoms with Crippen molar-refractivity contribution in [1.82, 2.24) is 14.8 Å². The first-order valence-electron chi connectivity index (χ1n) is 8.60. The summed E-state index contributed by atoms with van der Waals surface area (Å²) >= 11 is 1.70. The molecule has 2 amide bonds. The third-order valence-electron chi connectivity index (χ3n) is 4.64. The second-order valence-corrected chi connectivity index (χ2v) is 7.18. The number of amides is 2. The monoisotopic (exact) mass is 351 g/mol. The maximum absolute atomic E-state index is 12.8. The van der Waals surface area contributed by atoms with E-state index in [1.807, 2.05) is 29.2 Å². The lowest BCUT2D eigenvalue weighted by molar-refractivity contribution is 0.170. The Kier molecular flexibility index (Phi) is 4.57. The molecule has 0 unspecified atom stereocenters. The van der Waals surface area contributed by atoms with Gasteiger partial charge in [-0.25, -0.2) is 4.79 Å². The zero-order valence-electron chi connectivity index (χ0n) is 14.0. The van der Waals surface area contributed by atoms with Crippen molar-refractivity contribution < 1.29 is 4.79 Å². The second kappa shape index (κ2) is 7.15. The van der Waals surface area contributed by atoms with Crippen LogP contribution in [0.5, 0.6) is 0 Å². The number of fused-ring (bicyclic) bond motifs is 1. The van der Waals surface area contributed by atoms with Gasteiger partial charge in [-0.15, -0.1) is 11.3 Å². The molecule has 0 radical (unpaired) electrons. The molecule has 0 fully saturated rings. The third kappa shape index (κ3) is 3.33. The molecule has 1 aliphatic heterocycles. The van der Waals surface area contributed by atoms with Crippen LogP contribution in [0.4, 0.5) is 4.79 Å². The van der Waals surface area contributed by atoms with Crippen molar-refractivity contribution in [1.29, 1.82) is 0 Å². The second-order valence-electron chi connectivity index (χ2n) is 6.21. The van der Waals surface area contributed by atoms with Crippen LogP contribution in [0.2, 0.25) is 0 Å². The quantitative estimate of drug-likeness (QED) is 0.760. The van der Waals surface area contributed by atoms with Gasteiger partial charge in [0.05, 0.1) is 0 Å². The number of urea groups is 1. The Hall–Kier alpha value is -2.53. The first kappa shape index (κ1) is 16.0. The van der Waals surface area contributed by atoms with Crippen molar-refractivity contribution in [2.45, 2.75) is 19.0 Å². The molecule has 0 saturated carbocycles. The molecule has 128 valence electrons. The number of nitrogens with zero attached hydrogens (tertiary/aromatic N) is 2. The van der Waals surface area contributed by atoms with Crippen LogP contribution < -0.4 is 5.32 Å². The summed E-state index contributed by atoms with van der Waals surface area (Å²) in [6.07, 6.45) is 2.95. The average molecular weight is 351 g/mol. The first-order valence-corrected chi connectivity index (χ1v) is 9.48. The Morgan fingerprint density at radius 3 is 2.76 bits per heavy atom. The summed E-state index contributed by atoms with van der Waals surface area (Å²) in [5.41, 5.74) is 2.43. The van der Waals surface area contributed by atoms with Gasteiger partial charge in [-0.05, 0) is 35.6 Å². The Morgan fingerprint density at radius 1 is 1.08 bits per heavy atom. The first-order chi connectivity index (χ1) is 12.3. The molecule has 3 heterocycles. The van der Waals surface area contributed by atoms with Gasteiger partial charge in [0, 0.05) is 36.4 Å². The number of carbonyl (C=O) groups excluding carboxylic acids is 1. The van der Waals surface area contributed by atoms with E-state index in [0.29, 0.717) is 6.54 Å². The molecule has 3 aromatic rings. The van der Waals surface area contributed by atoms with Crippen LogP contribution >= 0.6 is 11.3 Å². The van der Waals surface area contributed by atoms with E-state index < -0.39 is 0 Å². The van der Waals surface area contributed by atoms with Gasteiger partial charge in [-0.1, -0.05) is 36.4 Å². The van der Waals surface area contributed by atoms with Gasteiger partial charge in [0.25, 0.3) is 0 Å². The SMILES string of the molecule is O=C(NCCc1ccccc1)N1CCn2cccc2[C@@H]1c1cccs1. The summed E-state index contributed by atoms with van der Waals surface area (Å²) in [6, 6.07) is 18.6. The lowest BCUT2D eigenvalue weighted by atomic mass is 10.1. The zero-order valence-corrected chi connectivity index (χ0v) is 14.8. The standard InChI is InChI=1S/C20H21N3OS/c24-20(21-11-10-16-6-2-1-3-7-16)23-14-13-22-12-4-8-17(22)19(23)18-9-5-15-25-18/h1-9,12,15,19H,10-11,13-14H2,(H,21,24)/t19-/m1/s1. The smallest absolute Gasteiger partial charge is 0.318 e. The molecule has 0 bridgehead atoms.